The molecule has 1 amide bonds. The van der Waals surface area contributed by atoms with E-state index in [0.717, 1.165) is 23.1 Å². The van der Waals surface area contributed by atoms with Gasteiger partial charge in [-0.15, -0.1) is 0 Å². The fourth-order valence-corrected chi connectivity index (χ4v) is 5.07. The molecule has 0 saturated carbocycles. The number of ether oxygens (including phenoxy) is 1. The molecular weight excluding hydrogens is 436 g/mol. The monoisotopic (exact) mass is 466 g/mol. The minimum absolute atomic E-state index is 0.100. The Morgan fingerprint density at radius 3 is 2.55 bits per heavy atom. The number of nitrogens with zero attached hydrogens (tertiary/aromatic N) is 2. The first-order chi connectivity index (χ1) is 16.0. The third kappa shape index (κ3) is 5.09. The Labute approximate surface area is 200 Å². The summed E-state index contributed by atoms with van der Waals surface area (Å²) in [6.07, 6.45) is 3.85. The topological polar surface area (TPSA) is 51.5 Å². The average Bonchev–Trinajstić information content (AvgIpc) is 3.21. The minimum atomic E-state index is -0.145. The van der Waals surface area contributed by atoms with Crippen LogP contribution in [0.2, 0.25) is 5.02 Å². The van der Waals surface area contributed by atoms with Gasteiger partial charge in [-0.3, -0.25) is 9.59 Å². The number of esters is 1. The highest BCUT2D eigenvalue weighted by atomic mass is 35.5. The lowest BCUT2D eigenvalue weighted by molar-refractivity contribution is -0.151. The molecule has 1 fully saturated rings. The van der Waals surface area contributed by atoms with Crippen molar-refractivity contribution >= 4 is 34.4 Å². The van der Waals surface area contributed by atoms with Gasteiger partial charge in [0.15, 0.2) is 0 Å². The lowest BCUT2D eigenvalue weighted by Crippen LogP contribution is -2.41. The fourth-order valence-electron chi connectivity index (χ4n) is 4.87. The van der Waals surface area contributed by atoms with Gasteiger partial charge in [-0.05, 0) is 56.0 Å². The first-order valence-electron chi connectivity index (χ1n) is 11.8. The van der Waals surface area contributed by atoms with Crippen LogP contribution in [0.1, 0.15) is 50.2 Å². The van der Waals surface area contributed by atoms with E-state index in [1.165, 1.54) is 5.52 Å². The molecule has 0 N–H and O–H groups in total. The maximum atomic E-state index is 13.4. The normalized spacial score (nSPS) is 15.5. The van der Waals surface area contributed by atoms with Crippen molar-refractivity contribution in [3.05, 3.63) is 70.9 Å². The number of fused-ring (bicyclic) bond motifs is 1. The second kappa shape index (κ2) is 10.4. The highest BCUT2D eigenvalue weighted by Crippen LogP contribution is 2.36. The molecule has 1 atom stereocenters. The highest BCUT2D eigenvalue weighted by molar-refractivity contribution is 6.30. The molecule has 1 unspecified atom stereocenters. The van der Waals surface area contributed by atoms with Crippen molar-refractivity contribution in [3.8, 4) is 0 Å². The number of rotatable bonds is 7. The highest BCUT2D eigenvalue weighted by Gasteiger charge is 2.30. The number of para-hydroxylation sites is 1. The summed E-state index contributed by atoms with van der Waals surface area (Å²) in [5.74, 6) is -0.249. The molecule has 0 aliphatic carbocycles. The van der Waals surface area contributed by atoms with E-state index in [1.54, 1.807) is 0 Å². The van der Waals surface area contributed by atoms with Crippen LogP contribution in [0.25, 0.3) is 10.9 Å². The Balaban J connectivity index is 1.60. The van der Waals surface area contributed by atoms with Crippen LogP contribution >= 0.6 is 11.6 Å². The minimum Gasteiger partial charge on any atom is -0.466 e. The molecule has 174 valence electrons. The summed E-state index contributed by atoms with van der Waals surface area (Å²) in [4.78, 5) is 27.4. The van der Waals surface area contributed by atoms with Crippen molar-refractivity contribution in [3.63, 3.8) is 0 Å². The zero-order valence-corrected chi connectivity index (χ0v) is 20.1. The molecule has 1 aliphatic heterocycles. The third-order valence-electron chi connectivity index (χ3n) is 6.63. The molecule has 0 spiro atoms. The second-order valence-corrected chi connectivity index (χ2v) is 9.04. The van der Waals surface area contributed by atoms with Crippen molar-refractivity contribution in [2.75, 3.05) is 19.7 Å². The van der Waals surface area contributed by atoms with Crippen LogP contribution in [0.3, 0.4) is 0 Å². The van der Waals surface area contributed by atoms with Crippen LogP contribution < -0.4 is 0 Å². The predicted molar refractivity (Wildman–Crippen MR) is 131 cm³/mol. The maximum absolute atomic E-state index is 13.4. The number of carbonyl (C=O) groups excluding carboxylic acids is 2. The van der Waals surface area contributed by atoms with Crippen LogP contribution in [0.5, 0.6) is 0 Å². The Morgan fingerprint density at radius 1 is 1.09 bits per heavy atom. The predicted octanol–water partition coefficient (Wildman–Crippen LogP) is 5.64. The lowest BCUT2D eigenvalue weighted by atomic mass is 9.87. The largest absolute Gasteiger partial charge is 0.466 e. The van der Waals surface area contributed by atoms with Crippen LogP contribution in [-0.2, 0) is 20.9 Å². The number of likely N-dealkylation sites (tertiary alicyclic amines) is 1. The zero-order chi connectivity index (χ0) is 23.4. The second-order valence-electron chi connectivity index (χ2n) is 8.61. The quantitative estimate of drug-likeness (QED) is 0.423. The van der Waals surface area contributed by atoms with E-state index < -0.39 is 0 Å². The van der Waals surface area contributed by atoms with Crippen LogP contribution in [0, 0.1) is 5.92 Å². The van der Waals surface area contributed by atoms with Gasteiger partial charge in [0, 0.05) is 54.1 Å². The van der Waals surface area contributed by atoms with Crippen molar-refractivity contribution in [1.29, 1.82) is 0 Å². The van der Waals surface area contributed by atoms with Crippen molar-refractivity contribution in [2.45, 2.75) is 45.6 Å². The van der Waals surface area contributed by atoms with E-state index in [4.69, 9.17) is 16.3 Å². The third-order valence-corrected chi connectivity index (χ3v) is 6.87. The number of halogens is 1. The molecule has 6 heteroatoms. The summed E-state index contributed by atoms with van der Waals surface area (Å²) in [7, 11) is 0. The van der Waals surface area contributed by atoms with E-state index in [1.807, 2.05) is 42.2 Å². The van der Waals surface area contributed by atoms with E-state index >= 15 is 0 Å². The summed E-state index contributed by atoms with van der Waals surface area (Å²) in [5.41, 5.74) is 3.35. The molecule has 1 aliphatic rings. The van der Waals surface area contributed by atoms with Gasteiger partial charge in [0.25, 0.3) is 0 Å². The molecule has 0 radical (unpaired) electrons. The van der Waals surface area contributed by atoms with E-state index in [0.29, 0.717) is 44.0 Å². The fraction of sp³-hybridized carbons (Fsp3) is 0.407. The first kappa shape index (κ1) is 23.4. The molecule has 0 bridgehead atoms. The van der Waals surface area contributed by atoms with Gasteiger partial charge >= 0.3 is 5.97 Å². The first-order valence-corrected chi connectivity index (χ1v) is 12.2. The van der Waals surface area contributed by atoms with Crippen LogP contribution in [-0.4, -0.2) is 41.0 Å². The molecule has 1 aromatic heterocycles. The summed E-state index contributed by atoms with van der Waals surface area (Å²) in [5, 5.41) is 1.83. The van der Waals surface area contributed by atoms with Gasteiger partial charge in [0.1, 0.15) is 0 Å². The number of hydrogen-bond donors (Lipinski definition) is 0. The van der Waals surface area contributed by atoms with Gasteiger partial charge in [-0.1, -0.05) is 41.9 Å². The van der Waals surface area contributed by atoms with E-state index in [-0.39, 0.29) is 23.7 Å². The number of benzene rings is 2. The van der Waals surface area contributed by atoms with Gasteiger partial charge in [0.05, 0.1) is 12.5 Å². The van der Waals surface area contributed by atoms with Crippen LogP contribution in [0.15, 0.2) is 54.7 Å². The molecular formula is C27H31ClN2O3. The summed E-state index contributed by atoms with van der Waals surface area (Å²) in [6.45, 7) is 6.37. The standard InChI is InChI=1S/C27H31ClN2O3/c1-3-29-18-24(22-10-5-6-11-25(22)29)23(20-8-7-9-21(28)16-20)17-26(31)30-14-12-19(13-15-30)27(32)33-4-2/h5-11,16,18-19,23H,3-4,12-15,17H2,1-2H3. The Hall–Kier alpha value is -2.79. The lowest BCUT2D eigenvalue weighted by Gasteiger charge is -2.32. The molecule has 33 heavy (non-hydrogen) atoms. The Morgan fingerprint density at radius 2 is 1.85 bits per heavy atom. The molecule has 3 aromatic rings. The van der Waals surface area contributed by atoms with Crippen molar-refractivity contribution < 1.29 is 14.3 Å². The number of aromatic nitrogens is 1. The number of carbonyl (C=O) groups is 2. The van der Waals surface area contributed by atoms with Gasteiger partial charge in [0.2, 0.25) is 5.91 Å². The average molecular weight is 467 g/mol. The van der Waals surface area contributed by atoms with Gasteiger partial charge < -0.3 is 14.2 Å². The smallest absolute Gasteiger partial charge is 0.309 e. The number of piperidine rings is 1. The summed E-state index contributed by atoms with van der Waals surface area (Å²) >= 11 is 6.34. The maximum Gasteiger partial charge on any atom is 0.309 e. The molecule has 5 nitrogen and oxygen atoms in total. The summed E-state index contributed by atoms with van der Waals surface area (Å²) < 4.78 is 7.40. The SMILES string of the molecule is CCOC(=O)C1CCN(C(=O)CC(c2cccc(Cl)c2)c2cn(CC)c3ccccc23)CC1. The summed E-state index contributed by atoms with van der Waals surface area (Å²) in [6, 6.07) is 16.2. The van der Waals surface area contributed by atoms with E-state index in [2.05, 4.69) is 35.9 Å². The van der Waals surface area contributed by atoms with Crippen molar-refractivity contribution in [1.82, 2.24) is 9.47 Å². The molecule has 1 saturated heterocycles. The number of amides is 1. The number of aryl methyl sites for hydroxylation is 1. The molecule has 2 aromatic carbocycles. The van der Waals surface area contributed by atoms with E-state index in [9.17, 15) is 9.59 Å². The van der Waals surface area contributed by atoms with Crippen LogP contribution in [0.4, 0.5) is 0 Å². The molecule has 4 rings (SSSR count). The van der Waals surface area contributed by atoms with Gasteiger partial charge in [-0.25, -0.2) is 0 Å². The Bertz CT molecular complexity index is 1130. The van der Waals surface area contributed by atoms with Crippen molar-refractivity contribution in [2.24, 2.45) is 5.92 Å². The number of hydrogen-bond acceptors (Lipinski definition) is 3. The molecule has 2 heterocycles. The Kier molecular flexibility index (Phi) is 7.39. The zero-order valence-electron chi connectivity index (χ0n) is 19.3. The van der Waals surface area contributed by atoms with Gasteiger partial charge in [-0.2, -0.15) is 0 Å².